The van der Waals surface area contributed by atoms with E-state index in [0.29, 0.717) is 51.9 Å². The number of rotatable bonds is 27. The summed E-state index contributed by atoms with van der Waals surface area (Å²) < 4.78 is 78.9. The molecule has 4 aromatic carbocycles. The number of Topliss-reactive ketones (excluding diaryl/α,β-unsaturated/α-hetero) is 1. The Morgan fingerprint density at radius 2 is 1.20 bits per heavy atom. The smallest absolute Gasteiger partial charge is 0.412 e. The number of fused-ring (bicyclic) bond motifs is 2. The summed E-state index contributed by atoms with van der Waals surface area (Å²) in [5, 5.41) is 3.94. The first-order valence-corrected chi connectivity index (χ1v) is 42.3. The molecule has 14 nitrogen and oxygen atoms in total. The maximum atomic E-state index is 15.6. The van der Waals surface area contributed by atoms with Crippen LogP contribution in [-0.4, -0.2) is 156 Å². The van der Waals surface area contributed by atoms with Gasteiger partial charge in [-0.2, -0.15) is 0 Å². The highest BCUT2D eigenvalue weighted by atomic mass is 28.4. The van der Waals surface area contributed by atoms with Crippen LogP contribution in [0.1, 0.15) is 168 Å². The van der Waals surface area contributed by atoms with E-state index in [4.69, 9.17) is 51.5 Å². The minimum absolute atomic E-state index is 0.0284. The highest BCUT2D eigenvalue weighted by Gasteiger charge is 2.65. The largest absolute Gasteiger partial charge is 0.444 e. The van der Waals surface area contributed by atoms with Crippen molar-refractivity contribution >= 4 is 49.3 Å². The van der Waals surface area contributed by atoms with E-state index in [1.165, 1.54) is 10.4 Å². The predicted molar refractivity (Wildman–Crippen MR) is 414 cm³/mol. The maximum Gasteiger partial charge on any atom is 0.412 e. The van der Waals surface area contributed by atoms with Crippen LogP contribution in [0.3, 0.4) is 0 Å². The molecule has 0 aromatic heterocycles. The number of carbonyl (C=O) groups excluding carboxylic acids is 2. The van der Waals surface area contributed by atoms with Crippen molar-refractivity contribution in [1.29, 1.82) is 0 Å². The number of ketones is 1. The van der Waals surface area contributed by atoms with Gasteiger partial charge in [-0.3, -0.25) is 9.69 Å². The van der Waals surface area contributed by atoms with Gasteiger partial charge in [0.25, 0.3) is 16.6 Å². The molecule has 0 radical (unpaired) electrons. The fourth-order valence-corrected chi connectivity index (χ4v) is 27.3. The monoisotopic (exact) mass is 1440 g/mol. The molecule has 0 saturated carbocycles. The van der Waals surface area contributed by atoms with Crippen molar-refractivity contribution in [3.8, 4) is 0 Å². The third-order valence-corrected chi connectivity index (χ3v) is 33.2. The number of ether oxygens (including phenoxy) is 9. The van der Waals surface area contributed by atoms with Gasteiger partial charge in [0.15, 0.2) is 0 Å². The number of hydrogen-bond acceptors (Lipinski definition) is 13. The van der Waals surface area contributed by atoms with Gasteiger partial charge >= 0.3 is 6.09 Å². The molecule has 11 rings (SSSR count). The van der Waals surface area contributed by atoms with Gasteiger partial charge in [0.05, 0.1) is 80.8 Å². The van der Waals surface area contributed by atoms with Crippen molar-refractivity contribution in [2.24, 2.45) is 23.7 Å². The van der Waals surface area contributed by atoms with E-state index in [2.05, 4.69) is 216 Å². The number of amides is 1. The van der Waals surface area contributed by atoms with Gasteiger partial charge in [-0.1, -0.05) is 221 Å². The van der Waals surface area contributed by atoms with Crippen LogP contribution in [0.4, 0.5) is 4.79 Å². The lowest BCUT2D eigenvalue weighted by molar-refractivity contribution is -0.254. The summed E-state index contributed by atoms with van der Waals surface area (Å²) in [4.78, 5) is 31.0. The molecule has 16 heteroatoms. The summed E-state index contributed by atoms with van der Waals surface area (Å²) in [5.41, 5.74) is 0.567. The Hall–Kier alpha value is -5.45. The quantitative estimate of drug-likeness (QED) is 0.0318. The summed E-state index contributed by atoms with van der Waals surface area (Å²) in [6, 6.07) is 43.3. The van der Waals surface area contributed by atoms with Crippen LogP contribution < -0.4 is 20.7 Å². The van der Waals surface area contributed by atoms with E-state index in [9.17, 15) is 4.79 Å². The molecule has 0 spiro atoms. The lowest BCUT2D eigenvalue weighted by atomic mass is 9.78. The Kier molecular flexibility index (Phi) is 25.2. The normalized spacial score (nSPS) is 31.6. The van der Waals surface area contributed by atoms with E-state index < -0.39 is 87.9 Å². The van der Waals surface area contributed by atoms with Crippen molar-refractivity contribution in [1.82, 2.24) is 4.90 Å². The second-order valence-electron chi connectivity index (χ2n) is 34.3. The molecule has 560 valence electrons. The van der Waals surface area contributed by atoms with Gasteiger partial charge in [0, 0.05) is 32.1 Å². The minimum Gasteiger partial charge on any atom is -0.444 e. The molecule has 7 fully saturated rings. The molecule has 7 heterocycles. The summed E-state index contributed by atoms with van der Waals surface area (Å²) in [6.07, 6.45) is 8.62. The summed E-state index contributed by atoms with van der Waals surface area (Å²) >= 11 is 0. The Bertz CT molecular complexity index is 3450. The SMILES string of the molecule is C=CCOC/C=C/[C@H]1CC(=C)C(CC[C@H]2C[C@@H](C)C(=C)C(C[C@@H]3O[C@H](C[C@H]4CN(C(=O)OC(C)(C)C)C(C)(C)O4)[C@H](C)[C@H]3CC(=O)C[C@H]3CC[C@@H]4O[C@@H]5[C@@H](O[C@H](CC(C)C=C)[C@@H]5O[Si](c5ccccc5)(c5ccccc5)C(C)(C)C)[C@@H](O[Si](c5ccccc5)(c5ccccc5)C(C)(C)C)[C@H]4O3)O2)O1. The molecule has 7 aliphatic rings. The number of nitrogens with zero attached hydrogens (tertiary/aromatic N) is 1. The van der Waals surface area contributed by atoms with E-state index in [0.717, 1.165) is 47.2 Å². The van der Waals surface area contributed by atoms with E-state index in [-0.39, 0.29) is 90.1 Å². The zero-order valence-corrected chi connectivity index (χ0v) is 66.3. The molecule has 0 bridgehead atoms. The molecule has 0 N–H and O–H groups in total. The van der Waals surface area contributed by atoms with Crippen LogP contribution in [0.2, 0.25) is 10.1 Å². The van der Waals surface area contributed by atoms with Crippen LogP contribution in [0.5, 0.6) is 0 Å². The summed E-state index contributed by atoms with van der Waals surface area (Å²) in [7, 11) is -6.56. The van der Waals surface area contributed by atoms with Crippen LogP contribution in [0, 0.1) is 23.7 Å². The third-order valence-electron chi connectivity index (χ3n) is 23.2. The summed E-state index contributed by atoms with van der Waals surface area (Å²) in [5.74, 6) is 0.190. The van der Waals surface area contributed by atoms with Crippen LogP contribution >= 0.6 is 0 Å². The van der Waals surface area contributed by atoms with E-state index in [1.54, 1.807) is 11.0 Å². The number of allylic oxidation sites excluding steroid dienone is 1. The van der Waals surface area contributed by atoms with Crippen molar-refractivity contribution in [2.75, 3.05) is 19.8 Å². The summed E-state index contributed by atoms with van der Waals surface area (Å²) in [6.45, 7) is 48.6. The average Bonchev–Trinajstić information content (AvgIpc) is 1.71. The number of benzene rings is 4. The van der Waals surface area contributed by atoms with Gasteiger partial charge in [0.1, 0.15) is 47.6 Å². The van der Waals surface area contributed by atoms with Gasteiger partial charge in [-0.05, 0) is 139 Å². The average molecular weight is 1450 g/mol. The molecule has 3 unspecified atom stereocenters. The molecule has 0 aliphatic carbocycles. The Labute approximate surface area is 618 Å². The first kappa shape index (κ1) is 78.6. The zero-order valence-electron chi connectivity index (χ0n) is 64.3. The van der Waals surface area contributed by atoms with Crippen LogP contribution in [0.15, 0.2) is 183 Å². The lowest BCUT2D eigenvalue weighted by Crippen LogP contribution is -2.73. The standard InChI is InChI=1S/C87H121NO13Si2/c1-19-47-91-48-33-34-63-51-59(5)72(92-63)45-43-64-50-58(4)60(6)75(93-64)55-76-71(61(7)74(95-76)54-66-56-88(87(17,18)98-66)83(90)99-84(8,9)10)53-62(89)52-65-44-46-73-78(94-65)82(101-103(86(14,15)16,69-39-29-23-30-40-69)70-41-31-24-32-42-70)81-80(96-73)79(77(97-81)49-57(3)20-2)100-102(85(11,12)13,67-35-25-21-26-36-67)68-37-27-22-28-38-68/h19-42,57-58,61,63-66,71-82H,1-2,5-6,43-56H2,3-4,7-18H3/b34-33+/t57?,58-,61-,63+,64+,65-,66+,71-,72?,73+,74-,75?,76+,77-,78+,79+,80+,81-,82+/m1/s1. The maximum absolute atomic E-state index is 15.6. The fraction of sp³-hybridized carbons (Fsp3) is 0.586. The fourth-order valence-electron chi connectivity index (χ4n) is 17.9. The van der Waals surface area contributed by atoms with Crippen molar-refractivity contribution in [3.05, 3.63) is 183 Å². The Morgan fingerprint density at radius 3 is 1.76 bits per heavy atom. The predicted octanol–water partition coefficient (Wildman–Crippen LogP) is 15.3. The first-order chi connectivity index (χ1) is 48.9. The zero-order chi connectivity index (χ0) is 73.8. The molecular weight excluding hydrogens is 1320 g/mol. The molecule has 4 aromatic rings. The van der Waals surface area contributed by atoms with Gasteiger partial charge < -0.3 is 51.5 Å². The first-order valence-electron chi connectivity index (χ1n) is 38.5. The molecular formula is C87H121NO13Si2. The van der Waals surface area contributed by atoms with Gasteiger partial charge in [-0.25, -0.2) is 4.79 Å². The minimum atomic E-state index is -3.35. The van der Waals surface area contributed by atoms with Crippen LogP contribution in [0.25, 0.3) is 0 Å². The molecule has 7 saturated heterocycles. The third kappa shape index (κ3) is 17.6. The highest BCUT2D eigenvalue weighted by molar-refractivity contribution is 7.00. The second-order valence-corrected chi connectivity index (χ2v) is 42.8. The Morgan fingerprint density at radius 1 is 0.631 bits per heavy atom. The molecule has 103 heavy (non-hydrogen) atoms. The highest BCUT2D eigenvalue weighted by Crippen LogP contribution is 2.50. The van der Waals surface area contributed by atoms with Crippen molar-refractivity contribution in [3.63, 3.8) is 0 Å². The number of carbonyl (C=O) groups is 2. The number of hydrogen-bond donors (Lipinski definition) is 0. The van der Waals surface area contributed by atoms with E-state index >= 15 is 4.79 Å². The molecule has 7 aliphatic heterocycles. The lowest BCUT2D eigenvalue weighted by Gasteiger charge is -2.53. The van der Waals surface area contributed by atoms with Crippen molar-refractivity contribution < 1.29 is 61.1 Å². The van der Waals surface area contributed by atoms with Gasteiger partial charge in [0.2, 0.25) is 0 Å². The van der Waals surface area contributed by atoms with Crippen LogP contribution in [-0.2, 0) is 56.3 Å². The Balaban J connectivity index is 0.891. The van der Waals surface area contributed by atoms with Gasteiger partial charge in [-0.15, -0.1) is 13.2 Å². The van der Waals surface area contributed by atoms with E-state index in [1.807, 2.05) is 46.8 Å². The second kappa shape index (κ2) is 33.0. The topological polar surface area (TPSA) is 139 Å². The molecule has 19 atom stereocenters. The van der Waals surface area contributed by atoms with Crippen molar-refractivity contribution in [2.45, 2.75) is 281 Å². The molecule has 1 amide bonds.